The predicted molar refractivity (Wildman–Crippen MR) is 159 cm³/mol. The SMILES string of the molecule is CCOC(=O)[C@@H]1CCCN(C(=O)c2coc(CN(Cc3cccc(Oc4ccccc4)c3)[C@H](C)c3ccccc3)n2)C1. The maximum Gasteiger partial charge on any atom is 0.310 e. The topological polar surface area (TPSA) is 85.1 Å². The third kappa shape index (κ3) is 7.44. The lowest BCUT2D eigenvalue weighted by Gasteiger charge is -2.31. The van der Waals surface area contributed by atoms with Crippen LogP contribution in [0.1, 0.15) is 60.2 Å². The van der Waals surface area contributed by atoms with Crippen molar-refractivity contribution in [3.8, 4) is 11.5 Å². The smallest absolute Gasteiger partial charge is 0.310 e. The Morgan fingerprint density at radius 1 is 1.00 bits per heavy atom. The van der Waals surface area contributed by atoms with E-state index in [4.69, 9.17) is 13.9 Å². The summed E-state index contributed by atoms with van der Waals surface area (Å²) in [4.78, 5) is 34.1. The molecule has 2 atom stereocenters. The van der Waals surface area contributed by atoms with Crippen LogP contribution < -0.4 is 4.74 Å². The molecule has 0 saturated carbocycles. The van der Waals surface area contributed by atoms with Crippen molar-refractivity contribution in [2.45, 2.75) is 45.8 Å². The van der Waals surface area contributed by atoms with Gasteiger partial charge in [-0.05, 0) is 62.1 Å². The Balaban J connectivity index is 1.31. The van der Waals surface area contributed by atoms with Crippen LogP contribution in [0, 0.1) is 5.92 Å². The number of amides is 1. The molecule has 0 unspecified atom stereocenters. The van der Waals surface area contributed by atoms with Crippen LogP contribution in [-0.2, 0) is 22.6 Å². The number of rotatable bonds is 11. The van der Waals surface area contributed by atoms with Crippen molar-refractivity contribution in [2.75, 3.05) is 19.7 Å². The van der Waals surface area contributed by atoms with Crippen LogP contribution in [0.3, 0.4) is 0 Å². The Morgan fingerprint density at radius 3 is 2.50 bits per heavy atom. The molecule has 1 aliphatic rings. The minimum Gasteiger partial charge on any atom is -0.466 e. The molecular formula is C34H37N3O5. The van der Waals surface area contributed by atoms with Gasteiger partial charge in [0.2, 0.25) is 5.89 Å². The summed E-state index contributed by atoms with van der Waals surface area (Å²) < 4.78 is 17.1. The lowest BCUT2D eigenvalue weighted by Crippen LogP contribution is -2.43. The van der Waals surface area contributed by atoms with E-state index in [1.165, 1.54) is 6.26 Å². The van der Waals surface area contributed by atoms with E-state index in [0.717, 1.165) is 35.5 Å². The molecule has 218 valence electrons. The standard InChI is InChI=1S/C34H37N3O5/c1-3-40-34(39)28-15-11-19-36(22-28)33(38)31-24-41-32(35-31)23-37(25(2)27-13-6-4-7-14-27)21-26-12-10-18-30(20-26)42-29-16-8-5-9-17-29/h4-10,12-14,16-18,20,24-25,28H,3,11,15,19,21-23H2,1-2H3/t25-,28-/m1/s1. The summed E-state index contributed by atoms with van der Waals surface area (Å²) >= 11 is 0. The van der Waals surface area contributed by atoms with Gasteiger partial charge in [0.1, 0.15) is 17.8 Å². The molecule has 8 nitrogen and oxygen atoms in total. The molecule has 1 amide bonds. The number of benzene rings is 3. The molecule has 0 bridgehead atoms. The zero-order chi connectivity index (χ0) is 29.3. The number of aromatic nitrogens is 1. The molecule has 42 heavy (non-hydrogen) atoms. The summed E-state index contributed by atoms with van der Waals surface area (Å²) in [6.45, 7) is 6.20. The minimum atomic E-state index is -0.308. The summed E-state index contributed by atoms with van der Waals surface area (Å²) in [5.41, 5.74) is 2.49. The van der Waals surface area contributed by atoms with Crippen molar-refractivity contribution >= 4 is 11.9 Å². The molecule has 1 saturated heterocycles. The second-order valence-corrected chi connectivity index (χ2v) is 10.5. The fourth-order valence-electron chi connectivity index (χ4n) is 5.27. The maximum atomic E-state index is 13.3. The number of hydrogen-bond acceptors (Lipinski definition) is 7. The van der Waals surface area contributed by atoms with Crippen LogP contribution in [0.4, 0.5) is 0 Å². The van der Waals surface area contributed by atoms with Gasteiger partial charge in [-0.3, -0.25) is 14.5 Å². The summed E-state index contributed by atoms with van der Waals surface area (Å²) in [5.74, 6) is 1.21. The molecule has 5 rings (SSSR count). The monoisotopic (exact) mass is 567 g/mol. The summed E-state index contributed by atoms with van der Waals surface area (Å²) in [5, 5.41) is 0. The molecule has 2 heterocycles. The Morgan fingerprint density at radius 2 is 1.74 bits per heavy atom. The molecule has 0 radical (unpaired) electrons. The largest absolute Gasteiger partial charge is 0.466 e. The highest BCUT2D eigenvalue weighted by Crippen LogP contribution is 2.28. The Labute approximate surface area is 246 Å². The van der Waals surface area contributed by atoms with Gasteiger partial charge in [0.25, 0.3) is 5.91 Å². The maximum absolute atomic E-state index is 13.3. The third-order valence-electron chi connectivity index (χ3n) is 7.53. The van der Waals surface area contributed by atoms with Crippen LogP contribution in [0.25, 0.3) is 0 Å². The normalized spacial score (nSPS) is 15.8. The number of nitrogens with zero attached hydrogens (tertiary/aromatic N) is 3. The lowest BCUT2D eigenvalue weighted by atomic mass is 9.98. The van der Waals surface area contributed by atoms with Crippen molar-refractivity contribution in [2.24, 2.45) is 5.92 Å². The van der Waals surface area contributed by atoms with E-state index < -0.39 is 0 Å². The van der Waals surface area contributed by atoms with Crippen LogP contribution in [-0.4, -0.2) is 46.4 Å². The van der Waals surface area contributed by atoms with Gasteiger partial charge >= 0.3 is 5.97 Å². The Bertz CT molecular complexity index is 1460. The van der Waals surface area contributed by atoms with Gasteiger partial charge in [0.15, 0.2) is 5.69 Å². The summed E-state index contributed by atoms with van der Waals surface area (Å²) in [6, 6.07) is 28.1. The molecule has 0 aliphatic carbocycles. The zero-order valence-electron chi connectivity index (χ0n) is 24.1. The number of hydrogen-bond donors (Lipinski definition) is 0. The van der Waals surface area contributed by atoms with E-state index in [9.17, 15) is 9.59 Å². The first-order valence-electron chi connectivity index (χ1n) is 14.5. The van der Waals surface area contributed by atoms with Gasteiger partial charge in [-0.2, -0.15) is 0 Å². The third-order valence-corrected chi connectivity index (χ3v) is 7.53. The molecule has 3 aromatic carbocycles. The number of likely N-dealkylation sites (tertiary alicyclic amines) is 1. The molecule has 1 aromatic heterocycles. The Kier molecular flexibility index (Phi) is 9.66. The first-order valence-corrected chi connectivity index (χ1v) is 14.5. The fraction of sp³-hybridized carbons (Fsp3) is 0.324. The molecule has 8 heteroatoms. The number of oxazole rings is 1. The fourth-order valence-corrected chi connectivity index (χ4v) is 5.27. The average molecular weight is 568 g/mol. The molecular weight excluding hydrogens is 530 g/mol. The number of carbonyl (C=O) groups is 2. The molecule has 0 N–H and O–H groups in total. The second kappa shape index (κ2) is 14.0. The number of ether oxygens (including phenoxy) is 2. The van der Waals surface area contributed by atoms with Crippen LogP contribution >= 0.6 is 0 Å². The number of para-hydroxylation sites is 1. The summed E-state index contributed by atoms with van der Waals surface area (Å²) in [7, 11) is 0. The Hall–Kier alpha value is -4.43. The van der Waals surface area contributed by atoms with E-state index in [-0.39, 0.29) is 29.5 Å². The highest BCUT2D eigenvalue weighted by Gasteiger charge is 2.31. The second-order valence-electron chi connectivity index (χ2n) is 10.5. The van der Waals surface area contributed by atoms with E-state index >= 15 is 0 Å². The molecule has 1 aliphatic heterocycles. The van der Waals surface area contributed by atoms with Crippen molar-refractivity contribution in [1.82, 2.24) is 14.8 Å². The first kappa shape index (κ1) is 29.1. The number of carbonyl (C=O) groups excluding carboxylic acids is 2. The van der Waals surface area contributed by atoms with Crippen molar-refractivity contribution in [3.05, 3.63) is 114 Å². The van der Waals surface area contributed by atoms with Crippen molar-refractivity contribution < 1.29 is 23.5 Å². The molecule has 1 fully saturated rings. The average Bonchev–Trinajstić information content (AvgIpc) is 3.50. The van der Waals surface area contributed by atoms with Crippen LogP contribution in [0.2, 0.25) is 0 Å². The van der Waals surface area contributed by atoms with Crippen LogP contribution in [0.5, 0.6) is 11.5 Å². The van der Waals surface area contributed by atoms with Gasteiger partial charge in [0.05, 0.1) is 19.1 Å². The predicted octanol–water partition coefficient (Wildman–Crippen LogP) is 6.65. The number of esters is 1. The van der Waals surface area contributed by atoms with Gasteiger partial charge in [-0.1, -0.05) is 60.7 Å². The van der Waals surface area contributed by atoms with E-state index in [1.54, 1.807) is 11.8 Å². The number of piperidine rings is 1. The quantitative estimate of drug-likeness (QED) is 0.188. The van der Waals surface area contributed by atoms with Gasteiger partial charge in [0, 0.05) is 25.7 Å². The zero-order valence-corrected chi connectivity index (χ0v) is 24.1. The van der Waals surface area contributed by atoms with Gasteiger partial charge in [-0.25, -0.2) is 4.98 Å². The van der Waals surface area contributed by atoms with E-state index in [2.05, 4.69) is 35.0 Å². The molecule has 4 aromatic rings. The van der Waals surface area contributed by atoms with E-state index in [1.807, 2.05) is 66.7 Å². The highest BCUT2D eigenvalue weighted by atomic mass is 16.5. The molecule has 0 spiro atoms. The lowest BCUT2D eigenvalue weighted by molar-refractivity contribution is -0.149. The summed E-state index contributed by atoms with van der Waals surface area (Å²) in [6.07, 6.45) is 2.89. The highest BCUT2D eigenvalue weighted by molar-refractivity contribution is 5.92. The van der Waals surface area contributed by atoms with Crippen LogP contribution in [0.15, 0.2) is 95.6 Å². The minimum absolute atomic E-state index is 0.0448. The van der Waals surface area contributed by atoms with Gasteiger partial charge < -0.3 is 18.8 Å². The van der Waals surface area contributed by atoms with Crippen molar-refractivity contribution in [3.63, 3.8) is 0 Å². The van der Waals surface area contributed by atoms with E-state index in [0.29, 0.717) is 38.7 Å². The first-order chi connectivity index (χ1) is 20.5. The van der Waals surface area contributed by atoms with Gasteiger partial charge in [-0.15, -0.1) is 0 Å². The van der Waals surface area contributed by atoms with Crippen molar-refractivity contribution in [1.29, 1.82) is 0 Å².